The van der Waals surface area contributed by atoms with Gasteiger partial charge < -0.3 is 18.7 Å². The lowest BCUT2D eigenvalue weighted by molar-refractivity contribution is -0.160. The van der Waals surface area contributed by atoms with E-state index in [9.17, 15) is 14.4 Å². The van der Waals surface area contributed by atoms with E-state index in [1.807, 2.05) is 30.3 Å². The summed E-state index contributed by atoms with van der Waals surface area (Å²) in [4.78, 5) is 44.4. The van der Waals surface area contributed by atoms with E-state index in [1.54, 1.807) is 13.0 Å². The Hall–Kier alpha value is -3.62. The van der Waals surface area contributed by atoms with Crippen molar-refractivity contribution < 1.29 is 28.3 Å². The van der Waals surface area contributed by atoms with Gasteiger partial charge >= 0.3 is 11.9 Å². The largest absolute Gasteiger partial charge is 0.465 e. The van der Waals surface area contributed by atoms with Crippen molar-refractivity contribution in [2.75, 3.05) is 14.2 Å². The molecule has 1 unspecified atom stereocenters. The quantitative estimate of drug-likeness (QED) is 0.520. The molecule has 0 radical (unpaired) electrons. The third-order valence-electron chi connectivity index (χ3n) is 5.35. The van der Waals surface area contributed by atoms with Crippen LogP contribution in [0.2, 0.25) is 5.02 Å². The van der Waals surface area contributed by atoms with Crippen LogP contribution in [0.1, 0.15) is 22.7 Å². The fourth-order valence-corrected chi connectivity index (χ4v) is 3.86. The monoisotopic (exact) mass is 469 g/mol. The normalized spacial score (nSPS) is 16.1. The summed E-state index contributed by atoms with van der Waals surface area (Å²) in [5.74, 6) is -2.07. The van der Waals surface area contributed by atoms with Crippen molar-refractivity contribution in [3.05, 3.63) is 92.0 Å². The van der Waals surface area contributed by atoms with Crippen LogP contribution < -0.4 is 5.43 Å². The highest BCUT2D eigenvalue weighted by Gasteiger charge is 2.45. The molecule has 0 amide bonds. The molecule has 1 aliphatic heterocycles. The van der Waals surface area contributed by atoms with E-state index in [2.05, 4.69) is 0 Å². The van der Waals surface area contributed by atoms with Crippen molar-refractivity contribution in [2.24, 2.45) is 0 Å². The first-order valence-corrected chi connectivity index (χ1v) is 10.3. The number of halogens is 1. The maximum absolute atomic E-state index is 13.5. The number of carbonyl (C=O) groups excluding carboxylic acids is 2. The molecule has 170 valence electrons. The van der Waals surface area contributed by atoms with Crippen LogP contribution in [0.15, 0.2) is 69.3 Å². The van der Waals surface area contributed by atoms with Crippen LogP contribution in [-0.4, -0.2) is 31.2 Å². The first-order valence-electron chi connectivity index (χ1n) is 9.96. The minimum absolute atomic E-state index is 0.0812. The zero-order valence-electron chi connectivity index (χ0n) is 18.1. The Morgan fingerprint density at radius 2 is 1.79 bits per heavy atom. The number of hydrogen-bond donors (Lipinski definition) is 0. The van der Waals surface area contributed by atoms with Gasteiger partial charge in [-0.05, 0) is 30.2 Å². The first kappa shape index (κ1) is 22.6. The van der Waals surface area contributed by atoms with Crippen molar-refractivity contribution in [3.8, 4) is 0 Å². The fraction of sp³-hybridized carbons (Fsp3) is 0.208. The first-order chi connectivity index (χ1) is 15.8. The summed E-state index contributed by atoms with van der Waals surface area (Å²) in [5, 5.41) is 1.98. The molecule has 0 fully saturated rings. The van der Waals surface area contributed by atoms with Crippen LogP contribution in [0.4, 0.5) is 0 Å². The molecule has 1 atom stereocenters. The number of hydroxylamine groups is 2. The molecule has 1 aromatic heterocycles. The lowest BCUT2D eigenvalue weighted by Gasteiger charge is -2.23. The molecule has 4 rings (SSSR count). The highest BCUT2D eigenvalue weighted by Crippen LogP contribution is 2.39. The van der Waals surface area contributed by atoms with Gasteiger partial charge in [-0.15, -0.1) is 5.06 Å². The van der Waals surface area contributed by atoms with Gasteiger partial charge in [0, 0.05) is 5.02 Å². The number of nitrogens with zero attached hydrogens (tertiary/aromatic N) is 1. The number of carbonyl (C=O) groups is 2. The van der Waals surface area contributed by atoms with Gasteiger partial charge in [-0.25, -0.2) is 9.59 Å². The molecule has 33 heavy (non-hydrogen) atoms. The average Bonchev–Trinajstić information content (AvgIpc) is 3.19. The number of hydrogen-bond acceptors (Lipinski definition) is 8. The second-order valence-electron chi connectivity index (χ2n) is 7.40. The maximum Gasteiger partial charge on any atom is 0.376 e. The summed E-state index contributed by atoms with van der Waals surface area (Å²) >= 11 is 6.23. The predicted molar refractivity (Wildman–Crippen MR) is 119 cm³/mol. The molecule has 2 heterocycles. The molecule has 1 aliphatic rings. The number of aryl methyl sites for hydroxylation is 1. The highest BCUT2D eigenvalue weighted by atomic mass is 35.5. The SMILES string of the molecule is COC(=O)C1=C(C(=O)OC)C(c2coc3cc(C)c(Cl)cc3c2=O)N(Cc2ccccc2)O1. The number of esters is 2. The third kappa shape index (κ3) is 4.10. The van der Waals surface area contributed by atoms with Crippen LogP contribution in [0, 0.1) is 6.92 Å². The van der Waals surface area contributed by atoms with Gasteiger partial charge in [0.2, 0.25) is 5.76 Å². The van der Waals surface area contributed by atoms with Gasteiger partial charge in [-0.2, -0.15) is 0 Å². The lowest BCUT2D eigenvalue weighted by Crippen LogP contribution is -2.30. The second-order valence-corrected chi connectivity index (χ2v) is 7.81. The van der Waals surface area contributed by atoms with Crippen molar-refractivity contribution in [3.63, 3.8) is 0 Å². The van der Waals surface area contributed by atoms with Crippen LogP contribution in [-0.2, 0) is 30.4 Å². The molecular formula is C24H20ClNO7. The number of methoxy groups -OCH3 is 2. The molecule has 0 saturated heterocycles. The molecule has 0 bridgehead atoms. The van der Waals surface area contributed by atoms with Gasteiger partial charge in [0.05, 0.1) is 31.7 Å². The van der Waals surface area contributed by atoms with E-state index < -0.39 is 23.4 Å². The maximum atomic E-state index is 13.5. The zero-order chi connectivity index (χ0) is 23.7. The Morgan fingerprint density at radius 3 is 2.45 bits per heavy atom. The van der Waals surface area contributed by atoms with E-state index in [-0.39, 0.29) is 28.8 Å². The summed E-state index contributed by atoms with van der Waals surface area (Å²) in [5.41, 5.74) is 1.41. The molecular weight excluding hydrogens is 450 g/mol. The van der Waals surface area contributed by atoms with E-state index >= 15 is 0 Å². The summed E-state index contributed by atoms with van der Waals surface area (Å²) in [6, 6.07) is 11.3. The minimum Gasteiger partial charge on any atom is -0.465 e. The van der Waals surface area contributed by atoms with Crippen molar-refractivity contribution in [2.45, 2.75) is 19.5 Å². The predicted octanol–water partition coefficient (Wildman–Crippen LogP) is 3.84. The minimum atomic E-state index is -1.09. The zero-order valence-corrected chi connectivity index (χ0v) is 18.8. The standard InChI is InChI=1S/C24H20ClNO7/c1-13-9-18-15(10-17(13)25)21(27)16(12-32-18)20-19(23(28)30-2)22(24(29)31-3)33-26(20)11-14-7-5-4-6-8-14/h4-10,12,20H,11H2,1-3H3. The van der Waals surface area contributed by atoms with Gasteiger partial charge in [-0.3, -0.25) is 4.79 Å². The molecule has 2 aromatic carbocycles. The van der Waals surface area contributed by atoms with E-state index in [4.69, 9.17) is 30.3 Å². The van der Waals surface area contributed by atoms with Crippen molar-refractivity contribution >= 4 is 34.5 Å². The Kier molecular flexibility index (Phi) is 6.22. The molecule has 8 nitrogen and oxygen atoms in total. The molecule has 9 heteroatoms. The van der Waals surface area contributed by atoms with Crippen molar-refractivity contribution in [1.82, 2.24) is 5.06 Å². The van der Waals surface area contributed by atoms with E-state index in [1.165, 1.54) is 24.5 Å². The molecule has 0 N–H and O–H groups in total. The Balaban J connectivity index is 1.92. The van der Waals surface area contributed by atoms with E-state index in [0.717, 1.165) is 18.2 Å². The smallest absolute Gasteiger partial charge is 0.376 e. The van der Waals surface area contributed by atoms with Gasteiger partial charge in [-0.1, -0.05) is 41.9 Å². The summed E-state index contributed by atoms with van der Waals surface area (Å²) in [7, 11) is 2.34. The Bertz CT molecular complexity index is 1330. The summed E-state index contributed by atoms with van der Waals surface area (Å²) < 4.78 is 15.4. The second kappa shape index (κ2) is 9.09. The van der Waals surface area contributed by atoms with Crippen molar-refractivity contribution in [1.29, 1.82) is 0 Å². The van der Waals surface area contributed by atoms with Gasteiger partial charge in [0.1, 0.15) is 23.5 Å². The molecule has 0 aliphatic carbocycles. The number of ether oxygens (including phenoxy) is 2. The topological polar surface area (TPSA) is 95.3 Å². The van der Waals surface area contributed by atoms with E-state index in [0.29, 0.717) is 10.6 Å². The van der Waals surface area contributed by atoms with Gasteiger partial charge in [0.15, 0.2) is 5.43 Å². The molecule has 0 saturated carbocycles. The fourth-order valence-electron chi connectivity index (χ4n) is 3.69. The van der Waals surface area contributed by atoms with Crippen LogP contribution in [0.25, 0.3) is 11.0 Å². The summed E-state index contributed by atoms with van der Waals surface area (Å²) in [6.07, 6.45) is 1.26. The lowest BCUT2D eigenvalue weighted by atomic mass is 9.97. The van der Waals surface area contributed by atoms with Gasteiger partial charge in [0.25, 0.3) is 0 Å². The highest BCUT2D eigenvalue weighted by molar-refractivity contribution is 6.32. The van der Waals surface area contributed by atoms with Crippen LogP contribution >= 0.6 is 11.6 Å². The third-order valence-corrected chi connectivity index (χ3v) is 5.75. The average molecular weight is 470 g/mol. The summed E-state index contributed by atoms with van der Waals surface area (Å²) in [6.45, 7) is 1.95. The van der Waals surface area contributed by atoms with Crippen LogP contribution in [0.5, 0.6) is 0 Å². The number of benzene rings is 2. The van der Waals surface area contributed by atoms with Crippen LogP contribution in [0.3, 0.4) is 0 Å². The number of fused-ring (bicyclic) bond motifs is 1. The Labute approximate surface area is 193 Å². The molecule has 3 aromatic rings. The Morgan fingerprint density at radius 1 is 1.09 bits per heavy atom. The number of rotatable bonds is 5. The molecule has 0 spiro atoms.